The first-order valence-electron chi connectivity index (χ1n) is 24.2. The van der Waals surface area contributed by atoms with Crippen molar-refractivity contribution in [2.45, 2.75) is 271 Å². The zero-order valence-electron chi connectivity index (χ0n) is 37.1. The van der Waals surface area contributed by atoms with Crippen LogP contribution in [0, 0.1) is 0 Å². The summed E-state index contributed by atoms with van der Waals surface area (Å²) < 4.78 is 5.91. The molecule has 0 aliphatic rings. The number of carboxylic acids is 1. The third kappa shape index (κ3) is 65.9. The van der Waals surface area contributed by atoms with Crippen molar-refractivity contribution < 1.29 is 24.9 Å². The Morgan fingerprint density at radius 1 is 0.370 bits per heavy atom. The lowest BCUT2D eigenvalue weighted by atomic mass is 10.0. The number of aliphatic carboxylic acids is 1. The minimum absolute atomic E-state index is 0.125. The van der Waals surface area contributed by atoms with Crippen molar-refractivity contribution in [1.82, 2.24) is 0 Å². The van der Waals surface area contributed by atoms with Gasteiger partial charge in [-0.1, -0.05) is 264 Å². The molecule has 0 aromatic heterocycles. The first-order valence-corrected chi connectivity index (χ1v) is 24.2. The van der Waals surface area contributed by atoms with Gasteiger partial charge in [0.05, 0.1) is 13.2 Å². The molecule has 0 saturated heterocycles. The first-order chi connectivity index (χ1) is 26.6. The smallest absolute Gasteiger partial charge is 0.327 e. The normalized spacial score (nSPS) is 10.8. The zero-order chi connectivity index (χ0) is 40.1. The van der Waals surface area contributed by atoms with Crippen molar-refractivity contribution in [3.8, 4) is 0 Å². The second kappa shape index (κ2) is 58.8. The highest BCUT2D eigenvalue weighted by atomic mass is 16.5. The van der Waals surface area contributed by atoms with E-state index in [9.17, 15) is 4.79 Å². The van der Waals surface area contributed by atoms with Crippen molar-refractivity contribution in [2.75, 3.05) is 26.4 Å². The highest BCUT2D eigenvalue weighted by molar-refractivity contribution is 5.78. The maximum Gasteiger partial charge on any atom is 0.327 e. The predicted molar refractivity (Wildman–Crippen MR) is 239 cm³/mol. The van der Waals surface area contributed by atoms with E-state index in [1.807, 2.05) is 0 Å². The van der Waals surface area contributed by atoms with Crippen LogP contribution in [0.1, 0.15) is 271 Å². The minimum Gasteiger partial charge on any atom is -0.478 e. The van der Waals surface area contributed by atoms with E-state index in [1.54, 1.807) is 0 Å². The maximum atomic E-state index is 9.25. The molecule has 0 rings (SSSR count). The number of hydrogen-bond acceptors (Lipinski definition) is 4. The predicted octanol–water partition coefficient (Wildman–Crippen LogP) is 15.9. The maximum absolute atomic E-state index is 9.25. The second-order valence-electron chi connectivity index (χ2n) is 16.0. The van der Waals surface area contributed by atoms with Gasteiger partial charge in [-0.05, 0) is 12.8 Å². The summed E-state index contributed by atoms with van der Waals surface area (Å²) in [5.74, 6) is -0.981. The molecule has 0 radical (unpaired) electrons. The third-order valence-corrected chi connectivity index (χ3v) is 10.6. The summed E-state index contributed by atoms with van der Waals surface area (Å²) in [5, 5.41) is 22.9. The summed E-state index contributed by atoms with van der Waals surface area (Å²) >= 11 is 0. The molecule has 0 aromatic rings. The van der Waals surface area contributed by atoms with Crippen LogP contribution in [0.2, 0.25) is 0 Å². The average Bonchev–Trinajstić information content (AvgIpc) is 3.18. The molecule has 0 fully saturated rings. The molecule has 0 aliphatic heterocycles. The standard InChI is InChI=1S/C44H90O.C3H4O2.C2H6O2/c1-3-5-7-9-11-13-15-17-19-21-23-25-27-29-31-33-35-37-39-41-43-45-44-42-40-38-36-34-32-30-28-26-24-22-20-18-16-14-12-10-8-6-4-2;1-2-3(4)5;3-1-2-4/h3-44H2,1-2H3;2H,1H2,(H,4,5);3-4H,1-2H2. The van der Waals surface area contributed by atoms with Gasteiger partial charge in [-0.15, -0.1) is 0 Å². The van der Waals surface area contributed by atoms with E-state index < -0.39 is 5.97 Å². The monoisotopic (exact) mass is 769 g/mol. The Morgan fingerprint density at radius 3 is 0.648 bits per heavy atom. The summed E-state index contributed by atoms with van der Waals surface area (Å²) in [7, 11) is 0. The molecule has 0 unspecified atom stereocenters. The van der Waals surface area contributed by atoms with Gasteiger partial charge in [0.15, 0.2) is 0 Å². The number of ether oxygens (including phenoxy) is 1. The fraction of sp³-hybridized carbons (Fsp3) is 0.939. The van der Waals surface area contributed by atoms with E-state index in [-0.39, 0.29) is 13.2 Å². The van der Waals surface area contributed by atoms with Crippen LogP contribution in [0.25, 0.3) is 0 Å². The van der Waals surface area contributed by atoms with Gasteiger partial charge in [-0.2, -0.15) is 0 Å². The van der Waals surface area contributed by atoms with Crippen molar-refractivity contribution in [3.05, 3.63) is 12.7 Å². The highest BCUT2D eigenvalue weighted by Gasteiger charge is 1.98. The number of carboxylic acid groups (broad SMARTS) is 1. The Balaban J connectivity index is -0.00000257. The molecule has 0 saturated carbocycles. The van der Waals surface area contributed by atoms with Gasteiger partial charge in [0.1, 0.15) is 0 Å². The molecule has 0 spiro atoms. The largest absolute Gasteiger partial charge is 0.478 e. The molecule has 0 heterocycles. The molecule has 3 N–H and O–H groups in total. The highest BCUT2D eigenvalue weighted by Crippen LogP contribution is 2.16. The van der Waals surface area contributed by atoms with Crippen LogP contribution in [0.5, 0.6) is 0 Å². The molecule has 0 amide bonds. The van der Waals surface area contributed by atoms with Gasteiger partial charge in [0.2, 0.25) is 0 Å². The third-order valence-electron chi connectivity index (χ3n) is 10.6. The first kappa shape index (κ1) is 57.4. The lowest BCUT2D eigenvalue weighted by molar-refractivity contribution is -0.131. The van der Waals surface area contributed by atoms with Crippen molar-refractivity contribution in [2.24, 2.45) is 0 Å². The van der Waals surface area contributed by atoms with Crippen LogP contribution in [0.4, 0.5) is 0 Å². The number of aliphatic hydroxyl groups is 2. The fourth-order valence-corrected chi connectivity index (χ4v) is 7.02. The molecule has 0 aromatic carbocycles. The quantitative estimate of drug-likeness (QED) is 0.0424. The van der Waals surface area contributed by atoms with Gasteiger partial charge in [-0.3, -0.25) is 0 Å². The number of aliphatic hydroxyl groups excluding tert-OH is 2. The zero-order valence-corrected chi connectivity index (χ0v) is 37.1. The van der Waals surface area contributed by atoms with E-state index in [4.69, 9.17) is 20.1 Å². The Morgan fingerprint density at radius 2 is 0.519 bits per heavy atom. The van der Waals surface area contributed by atoms with Crippen LogP contribution in [0.15, 0.2) is 12.7 Å². The van der Waals surface area contributed by atoms with Crippen LogP contribution in [-0.2, 0) is 9.53 Å². The molecule has 0 atom stereocenters. The molecule has 54 heavy (non-hydrogen) atoms. The van der Waals surface area contributed by atoms with Gasteiger partial charge < -0.3 is 20.1 Å². The van der Waals surface area contributed by atoms with E-state index >= 15 is 0 Å². The lowest BCUT2D eigenvalue weighted by Gasteiger charge is -2.06. The van der Waals surface area contributed by atoms with Gasteiger partial charge in [-0.25, -0.2) is 4.79 Å². The van der Waals surface area contributed by atoms with E-state index in [1.165, 1.54) is 257 Å². The van der Waals surface area contributed by atoms with Crippen LogP contribution < -0.4 is 0 Å². The van der Waals surface area contributed by atoms with Crippen LogP contribution >= 0.6 is 0 Å². The fourth-order valence-electron chi connectivity index (χ4n) is 7.02. The Kier molecular flexibility index (Phi) is 62.5. The summed E-state index contributed by atoms with van der Waals surface area (Å²) in [6.07, 6.45) is 58.8. The Hall–Kier alpha value is -0.910. The van der Waals surface area contributed by atoms with Gasteiger partial charge >= 0.3 is 5.97 Å². The summed E-state index contributed by atoms with van der Waals surface area (Å²) in [6, 6.07) is 0. The molecule has 0 bridgehead atoms. The molecular weight excluding hydrogens is 669 g/mol. The summed E-state index contributed by atoms with van der Waals surface area (Å²) in [4.78, 5) is 9.25. The van der Waals surface area contributed by atoms with E-state index in [0.29, 0.717) is 0 Å². The summed E-state index contributed by atoms with van der Waals surface area (Å²) in [6.45, 7) is 9.32. The molecular formula is C49H100O5. The molecule has 5 nitrogen and oxygen atoms in total. The van der Waals surface area contributed by atoms with Gasteiger partial charge in [0, 0.05) is 19.3 Å². The van der Waals surface area contributed by atoms with E-state index in [2.05, 4.69) is 20.4 Å². The van der Waals surface area contributed by atoms with Crippen LogP contribution in [0.3, 0.4) is 0 Å². The number of carbonyl (C=O) groups is 1. The number of rotatable bonds is 44. The van der Waals surface area contributed by atoms with Crippen molar-refractivity contribution in [1.29, 1.82) is 0 Å². The summed E-state index contributed by atoms with van der Waals surface area (Å²) in [5.41, 5.74) is 0. The number of hydrogen-bond donors (Lipinski definition) is 3. The topological polar surface area (TPSA) is 87.0 Å². The molecule has 326 valence electrons. The number of unbranched alkanes of at least 4 members (excludes halogenated alkanes) is 38. The molecule has 5 heteroatoms. The van der Waals surface area contributed by atoms with Crippen molar-refractivity contribution >= 4 is 5.97 Å². The van der Waals surface area contributed by atoms with E-state index in [0.717, 1.165) is 19.3 Å². The second-order valence-corrected chi connectivity index (χ2v) is 16.0. The lowest BCUT2D eigenvalue weighted by Crippen LogP contribution is -1.97. The van der Waals surface area contributed by atoms with Crippen molar-refractivity contribution in [3.63, 3.8) is 0 Å². The SMILES string of the molecule is C=CC(=O)O.CCCCCCCCCCCCCCCCCCCCCCOCCCCCCCCCCCCCCCCCCCCCC.OCCO. The van der Waals surface area contributed by atoms with Crippen LogP contribution in [-0.4, -0.2) is 47.7 Å². The Labute approximate surface area is 339 Å². The minimum atomic E-state index is -0.981. The van der Waals surface area contributed by atoms with Gasteiger partial charge in [0.25, 0.3) is 0 Å². The molecule has 0 aliphatic carbocycles. The average molecular weight is 769 g/mol. The Bertz CT molecular complexity index is 596.